The zero-order valence-corrected chi connectivity index (χ0v) is 28.4. The van der Waals surface area contributed by atoms with Gasteiger partial charge in [-0.25, -0.2) is 9.97 Å². The van der Waals surface area contributed by atoms with Gasteiger partial charge in [0, 0.05) is 32.8 Å². The van der Waals surface area contributed by atoms with Gasteiger partial charge in [0.2, 0.25) is 0 Å². The molecule has 0 fully saturated rings. The number of aromatic nitrogens is 2. The molecule has 0 aliphatic carbocycles. The van der Waals surface area contributed by atoms with Crippen molar-refractivity contribution in [2.45, 2.75) is 0 Å². The van der Waals surface area contributed by atoms with E-state index >= 15 is 0 Å². The molecule has 0 unspecified atom stereocenters. The Hall–Kier alpha value is -6.90. The van der Waals surface area contributed by atoms with Crippen molar-refractivity contribution in [2.24, 2.45) is 0 Å². The molecular formula is C50H32N2. The van der Waals surface area contributed by atoms with Crippen LogP contribution in [0.2, 0.25) is 0 Å². The fraction of sp³-hybridized carbons (Fsp3) is 0. The number of fused-ring (bicyclic) bond motifs is 8. The van der Waals surface area contributed by atoms with E-state index in [1.54, 1.807) is 0 Å². The average Bonchev–Trinajstić information content (AvgIpc) is 3.24. The molecule has 0 saturated heterocycles. The quantitative estimate of drug-likeness (QED) is 0.172. The third-order valence-electron chi connectivity index (χ3n) is 10.2. The Morgan fingerprint density at radius 3 is 1.19 bits per heavy atom. The van der Waals surface area contributed by atoms with Gasteiger partial charge in [0.05, 0.1) is 22.6 Å². The number of nitrogens with zero attached hydrogens (tertiary/aromatic N) is 2. The Bertz CT molecular complexity index is 2850. The zero-order chi connectivity index (χ0) is 34.4. The third kappa shape index (κ3) is 5.12. The first-order valence-corrected chi connectivity index (χ1v) is 17.7. The molecule has 10 rings (SSSR count). The molecule has 0 spiro atoms. The molecule has 2 aromatic heterocycles. The Kier molecular flexibility index (Phi) is 7.18. The van der Waals surface area contributed by atoms with E-state index in [9.17, 15) is 0 Å². The molecule has 0 bridgehead atoms. The maximum Gasteiger partial charge on any atom is 0.0794 e. The van der Waals surface area contributed by atoms with E-state index in [0.29, 0.717) is 0 Å². The van der Waals surface area contributed by atoms with Crippen LogP contribution < -0.4 is 0 Å². The average molecular weight is 661 g/mol. The second kappa shape index (κ2) is 12.5. The van der Waals surface area contributed by atoms with E-state index in [1.165, 1.54) is 48.8 Å². The lowest BCUT2D eigenvalue weighted by atomic mass is 9.89. The molecule has 2 heteroatoms. The van der Waals surface area contributed by atoms with Crippen molar-refractivity contribution in [2.75, 3.05) is 0 Å². The lowest BCUT2D eigenvalue weighted by Crippen LogP contribution is -1.93. The van der Waals surface area contributed by atoms with E-state index < -0.39 is 0 Å². The molecule has 8 aromatic carbocycles. The molecular weight excluding hydrogens is 629 g/mol. The number of pyridine rings is 2. The molecule has 52 heavy (non-hydrogen) atoms. The maximum absolute atomic E-state index is 5.33. The first-order valence-electron chi connectivity index (χ1n) is 17.7. The molecule has 10 aromatic rings. The number of benzene rings is 8. The maximum atomic E-state index is 5.33. The van der Waals surface area contributed by atoms with Crippen LogP contribution >= 0.6 is 0 Å². The first-order chi connectivity index (χ1) is 25.8. The summed E-state index contributed by atoms with van der Waals surface area (Å²) < 4.78 is 0. The summed E-state index contributed by atoms with van der Waals surface area (Å²) in [6.45, 7) is 0. The number of para-hydroxylation sites is 1. The Balaban J connectivity index is 1.06. The summed E-state index contributed by atoms with van der Waals surface area (Å²) in [4.78, 5) is 10.4. The van der Waals surface area contributed by atoms with Crippen LogP contribution in [-0.2, 0) is 0 Å². The van der Waals surface area contributed by atoms with Crippen molar-refractivity contribution < 1.29 is 0 Å². The molecule has 0 saturated carbocycles. The largest absolute Gasteiger partial charge is 0.248 e. The standard InChI is InChI=1S/C50H32N2/c1-3-13-36(14-4-1)46-31-39(32-47(51-46)37-15-5-2-6-16-37)35-25-23-33(24-26-35)34-27-29-38(30-28-34)50-49-43-20-10-8-18-41(43)40-17-7-9-19-42(40)48(49)44-21-11-12-22-45(44)52-50/h1-32H. The van der Waals surface area contributed by atoms with Crippen molar-refractivity contribution >= 4 is 43.2 Å². The molecule has 2 heterocycles. The van der Waals surface area contributed by atoms with Crippen LogP contribution in [0, 0.1) is 0 Å². The third-order valence-corrected chi connectivity index (χ3v) is 10.2. The molecule has 0 N–H and O–H groups in total. The van der Waals surface area contributed by atoms with Gasteiger partial charge in [0.1, 0.15) is 0 Å². The van der Waals surface area contributed by atoms with Gasteiger partial charge in [-0.3, -0.25) is 0 Å². The van der Waals surface area contributed by atoms with E-state index in [0.717, 1.165) is 50.4 Å². The highest BCUT2D eigenvalue weighted by Crippen LogP contribution is 2.43. The normalized spacial score (nSPS) is 11.5. The Morgan fingerprint density at radius 2 is 0.654 bits per heavy atom. The highest BCUT2D eigenvalue weighted by Gasteiger charge is 2.17. The monoisotopic (exact) mass is 660 g/mol. The van der Waals surface area contributed by atoms with Crippen molar-refractivity contribution in [1.82, 2.24) is 9.97 Å². The summed E-state index contributed by atoms with van der Waals surface area (Å²) in [7, 11) is 0. The predicted octanol–water partition coefficient (Wildman–Crippen LogP) is 13.4. The van der Waals surface area contributed by atoms with Crippen LogP contribution in [0.1, 0.15) is 0 Å². The predicted molar refractivity (Wildman–Crippen MR) is 219 cm³/mol. The van der Waals surface area contributed by atoms with Crippen LogP contribution in [0.4, 0.5) is 0 Å². The highest BCUT2D eigenvalue weighted by atomic mass is 14.7. The van der Waals surface area contributed by atoms with Crippen molar-refractivity contribution in [1.29, 1.82) is 0 Å². The van der Waals surface area contributed by atoms with Gasteiger partial charge < -0.3 is 0 Å². The topological polar surface area (TPSA) is 25.8 Å². The van der Waals surface area contributed by atoms with Gasteiger partial charge in [-0.15, -0.1) is 0 Å². The van der Waals surface area contributed by atoms with E-state index in [1.807, 2.05) is 12.1 Å². The second-order valence-corrected chi connectivity index (χ2v) is 13.3. The van der Waals surface area contributed by atoms with Gasteiger partial charge >= 0.3 is 0 Å². The molecule has 2 nitrogen and oxygen atoms in total. The fourth-order valence-corrected chi connectivity index (χ4v) is 7.72. The molecule has 0 radical (unpaired) electrons. The molecule has 0 amide bonds. The first kappa shape index (κ1) is 30.0. The van der Waals surface area contributed by atoms with Crippen molar-refractivity contribution in [3.63, 3.8) is 0 Å². The molecule has 0 aliphatic rings. The number of rotatable bonds is 5. The lowest BCUT2D eigenvalue weighted by Gasteiger charge is -2.16. The Labute approximate surface area is 302 Å². The van der Waals surface area contributed by atoms with Gasteiger partial charge in [-0.05, 0) is 62.0 Å². The van der Waals surface area contributed by atoms with Gasteiger partial charge in [0.15, 0.2) is 0 Å². The second-order valence-electron chi connectivity index (χ2n) is 13.3. The summed E-state index contributed by atoms with van der Waals surface area (Å²) in [6.07, 6.45) is 0. The fourth-order valence-electron chi connectivity index (χ4n) is 7.72. The van der Waals surface area contributed by atoms with Crippen LogP contribution in [0.25, 0.3) is 99.2 Å². The minimum atomic E-state index is 0.965. The van der Waals surface area contributed by atoms with E-state index in [4.69, 9.17) is 9.97 Å². The summed E-state index contributed by atoms with van der Waals surface area (Å²) in [5, 5.41) is 8.65. The van der Waals surface area contributed by atoms with Gasteiger partial charge in [-0.2, -0.15) is 0 Å². The minimum Gasteiger partial charge on any atom is -0.248 e. The lowest BCUT2D eigenvalue weighted by molar-refractivity contribution is 1.32. The number of hydrogen-bond acceptors (Lipinski definition) is 2. The smallest absolute Gasteiger partial charge is 0.0794 e. The van der Waals surface area contributed by atoms with E-state index in [-0.39, 0.29) is 0 Å². The van der Waals surface area contributed by atoms with Crippen LogP contribution in [0.15, 0.2) is 194 Å². The Morgan fingerprint density at radius 1 is 0.250 bits per heavy atom. The summed E-state index contributed by atoms with van der Waals surface area (Å²) >= 11 is 0. The number of hydrogen-bond donors (Lipinski definition) is 0. The van der Waals surface area contributed by atoms with E-state index in [2.05, 4.69) is 182 Å². The SMILES string of the molecule is c1ccc(-c2cc(-c3ccc(-c4ccc(-c5nc6ccccc6c6c7ccccc7c7ccccc7c56)cc4)cc3)cc(-c3ccccc3)n2)cc1. The summed E-state index contributed by atoms with van der Waals surface area (Å²) in [6, 6.07) is 69.1. The van der Waals surface area contributed by atoms with Crippen molar-refractivity contribution in [3.05, 3.63) is 194 Å². The molecule has 242 valence electrons. The minimum absolute atomic E-state index is 0.965. The van der Waals surface area contributed by atoms with Gasteiger partial charge in [0.25, 0.3) is 0 Å². The molecule has 0 atom stereocenters. The summed E-state index contributed by atoms with van der Waals surface area (Å²) in [5.74, 6) is 0. The van der Waals surface area contributed by atoms with Crippen LogP contribution in [-0.4, -0.2) is 9.97 Å². The van der Waals surface area contributed by atoms with Gasteiger partial charge in [-0.1, -0.05) is 176 Å². The highest BCUT2D eigenvalue weighted by molar-refractivity contribution is 6.33. The molecule has 0 aliphatic heterocycles. The summed E-state index contributed by atoms with van der Waals surface area (Å²) in [5.41, 5.74) is 11.9. The zero-order valence-electron chi connectivity index (χ0n) is 28.4. The van der Waals surface area contributed by atoms with Crippen LogP contribution in [0.5, 0.6) is 0 Å². The van der Waals surface area contributed by atoms with Crippen molar-refractivity contribution in [3.8, 4) is 56.0 Å². The van der Waals surface area contributed by atoms with Crippen LogP contribution in [0.3, 0.4) is 0 Å².